The average molecular weight is 313 g/mol. The number of aryl methyl sites for hydroxylation is 1. The molecule has 0 saturated carbocycles. The summed E-state index contributed by atoms with van der Waals surface area (Å²) in [6.45, 7) is 6.37. The second kappa shape index (κ2) is 7.76. The van der Waals surface area contributed by atoms with Crippen LogP contribution in [0, 0.1) is 11.7 Å². The van der Waals surface area contributed by atoms with E-state index in [1.807, 2.05) is 4.57 Å². The number of alkyl halides is 1. The zero-order valence-corrected chi connectivity index (χ0v) is 13.4. The van der Waals surface area contributed by atoms with Crippen LogP contribution >= 0.6 is 11.6 Å². The monoisotopic (exact) mass is 312 g/mol. The SMILES string of the molecule is CC(C)CCOCCn1c(CCCl)nc2ccc(F)cc21. The van der Waals surface area contributed by atoms with Crippen LogP contribution in [0.25, 0.3) is 11.0 Å². The van der Waals surface area contributed by atoms with Gasteiger partial charge in [0.05, 0.1) is 17.6 Å². The summed E-state index contributed by atoms with van der Waals surface area (Å²) in [5.41, 5.74) is 1.61. The summed E-state index contributed by atoms with van der Waals surface area (Å²) in [5.74, 6) is 1.78. The number of halogens is 2. The van der Waals surface area contributed by atoms with E-state index in [0.717, 1.165) is 29.9 Å². The van der Waals surface area contributed by atoms with Gasteiger partial charge in [-0.3, -0.25) is 0 Å². The number of benzene rings is 1. The molecule has 0 amide bonds. The van der Waals surface area contributed by atoms with Crippen LogP contribution in [-0.2, 0) is 17.7 Å². The van der Waals surface area contributed by atoms with E-state index in [9.17, 15) is 4.39 Å². The second-order valence-corrected chi connectivity index (χ2v) is 5.92. The van der Waals surface area contributed by atoms with Crippen LogP contribution in [0.3, 0.4) is 0 Å². The second-order valence-electron chi connectivity index (χ2n) is 5.55. The third-order valence-electron chi connectivity index (χ3n) is 3.41. The Balaban J connectivity index is 2.08. The molecule has 1 heterocycles. The molecule has 0 radical (unpaired) electrons. The molecular formula is C16H22ClFN2O. The smallest absolute Gasteiger partial charge is 0.125 e. The van der Waals surface area contributed by atoms with Crippen molar-refractivity contribution in [3.63, 3.8) is 0 Å². The number of ether oxygens (including phenoxy) is 1. The Morgan fingerprint density at radius 2 is 2.14 bits per heavy atom. The highest BCUT2D eigenvalue weighted by Crippen LogP contribution is 2.18. The van der Waals surface area contributed by atoms with Gasteiger partial charge in [0.15, 0.2) is 0 Å². The number of hydrogen-bond donors (Lipinski definition) is 0. The Morgan fingerprint density at radius 3 is 2.86 bits per heavy atom. The molecule has 0 N–H and O–H groups in total. The Kier molecular flexibility index (Phi) is 6.00. The highest BCUT2D eigenvalue weighted by atomic mass is 35.5. The predicted molar refractivity (Wildman–Crippen MR) is 84.4 cm³/mol. The fourth-order valence-electron chi connectivity index (χ4n) is 2.25. The van der Waals surface area contributed by atoms with Crippen molar-refractivity contribution in [2.75, 3.05) is 19.1 Å². The van der Waals surface area contributed by atoms with E-state index in [0.29, 0.717) is 31.4 Å². The molecule has 21 heavy (non-hydrogen) atoms. The molecule has 0 atom stereocenters. The van der Waals surface area contributed by atoms with Gasteiger partial charge in [-0.2, -0.15) is 0 Å². The lowest BCUT2D eigenvalue weighted by Gasteiger charge is -2.10. The number of fused-ring (bicyclic) bond motifs is 1. The highest BCUT2D eigenvalue weighted by Gasteiger charge is 2.11. The van der Waals surface area contributed by atoms with Gasteiger partial charge >= 0.3 is 0 Å². The molecule has 0 unspecified atom stereocenters. The van der Waals surface area contributed by atoms with Gasteiger partial charge in [-0.25, -0.2) is 9.37 Å². The number of imidazole rings is 1. The van der Waals surface area contributed by atoms with Crippen molar-refractivity contribution >= 4 is 22.6 Å². The molecule has 0 aliphatic carbocycles. The molecule has 3 nitrogen and oxygen atoms in total. The third kappa shape index (κ3) is 4.42. The molecule has 0 bridgehead atoms. The molecule has 0 aliphatic rings. The van der Waals surface area contributed by atoms with Crippen LogP contribution in [-0.4, -0.2) is 28.6 Å². The van der Waals surface area contributed by atoms with Gasteiger partial charge in [-0.05, 0) is 30.5 Å². The molecule has 0 fully saturated rings. The third-order valence-corrected chi connectivity index (χ3v) is 3.60. The Bertz CT molecular complexity index is 583. The van der Waals surface area contributed by atoms with Crippen molar-refractivity contribution in [3.05, 3.63) is 29.8 Å². The van der Waals surface area contributed by atoms with Crippen LogP contribution in [0.15, 0.2) is 18.2 Å². The standard InChI is InChI=1S/C16H22ClFN2O/c1-12(2)6-9-21-10-8-20-15-11-13(18)3-4-14(15)19-16(20)5-7-17/h3-4,11-12H,5-10H2,1-2H3. The molecule has 2 rings (SSSR count). The van der Waals surface area contributed by atoms with E-state index in [-0.39, 0.29) is 5.82 Å². The fraction of sp³-hybridized carbons (Fsp3) is 0.562. The largest absolute Gasteiger partial charge is 0.380 e. The summed E-state index contributed by atoms with van der Waals surface area (Å²) in [6.07, 6.45) is 1.72. The highest BCUT2D eigenvalue weighted by molar-refractivity contribution is 6.17. The Morgan fingerprint density at radius 1 is 1.33 bits per heavy atom. The number of aromatic nitrogens is 2. The van der Waals surface area contributed by atoms with E-state index in [4.69, 9.17) is 16.3 Å². The van der Waals surface area contributed by atoms with Gasteiger partial charge in [0.1, 0.15) is 11.6 Å². The normalized spacial score (nSPS) is 11.7. The molecule has 1 aromatic carbocycles. The van der Waals surface area contributed by atoms with Crippen LogP contribution in [0.5, 0.6) is 0 Å². The van der Waals surface area contributed by atoms with Crippen LogP contribution in [0.1, 0.15) is 26.1 Å². The quantitative estimate of drug-likeness (QED) is 0.544. The Hall–Kier alpha value is -1.13. The van der Waals surface area contributed by atoms with Crippen molar-refractivity contribution in [1.29, 1.82) is 0 Å². The first kappa shape index (κ1) is 16.2. The van der Waals surface area contributed by atoms with E-state index in [1.54, 1.807) is 6.07 Å². The van der Waals surface area contributed by atoms with E-state index < -0.39 is 0 Å². The van der Waals surface area contributed by atoms with Gasteiger partial charge in [0, 0.05) is 25.5 Å². The van der Waals surface area contributed by atoms with Crippen LogP contribution in [0.4, 0.5) is 4.39 Å². The fourth-order valence-corrected chi connectivity index (χ4v) is 2.42. The van der Waals surface area contributed by atoms with Gasteiger partial charge in [-0.1, -0.05) is 13.8 Å². The van der Waals surface area contributed by atoms with Crippen molar-refractivity contribution in [1.82, 2.24) is 9.55 Å². The lowest BCUT2D eigenvalue weighted by molar-refractivity contribution is 0.116. The lowest BCUT2D eigenvalue weighted by Crippen LogP contribution is -2.11. The number of rotatable bonds is 8. The minimum absolute atomic E-state index is 0.248. The van der Waals surface area contributed by atoms with Crippen molar-refractivity contribution in [3.8, 4) is 0 Å². The van der Waals surface area contributed by atoms with Crippen LogP contribution in [0.2, 0.25) is 0 Å². The molecule has 116 valence electrons. The summed E-state index contributed by atoms with van der Waals surface area (Å²) in [6, 6.07) is 4.66. The maximum absolute atomic E-state index is 13.4. The first-order chi connectivity index (χ1) is 10.1. The van der Waals surface area contributed by atoms with E-state index >= 15 is 0 Å². The minimum atomic E-state index is -0.248. The molecule has 0 saturated heterocycles. The van der Waals surface area contributed by atoms with Gasteiger partial charge < -0.3 is 9.30 Å². The molecule has 5 heteroatoms. The molecule has 0 spiro atoms. The number of nitrogens with zero attached hydrogens (tertiary/aromatic N) is 2. The first-order valence-corrected chi connectivity index (χ1v) is 7.93. The zero-order valence-electron chi connectivity index (χ0n) is 12.6. The van der Waals surface area contributed by atoms with Crippen molar-refractivity contribution < 1.29 is 9.13 Å². The van der Waals surface area contributed by atoms with Gasteiger partial charge in [0.2, 0.25) is 0 Å². The summed E-state index contributed by atoms with van der Waals surface area (Å²) < 4.78 is 21.1. The summed E-state index contributed by atoms with van der Waals surface area (Å²) in [4.78, 5) is 4.53. The summed E-state index contributed by atoms with van der Waals surface area (Å²) >= 11 is 5.83. The topological polar surface area (TPSA) is 27.1 Å². The molecule has 1 aromatic heterocycles. The van der Waals surface area contributed by atoms with Crippen molar-refractivity contribution in [2.24, 2.45) is 5.92 Å². The minimum Gasteiger partial charge on any atom is -0.380 e. The average Bonchev–Trinajstić information content (AvgIpc) is 2.76. The maximum Gasteiger partial charge on any atom is 0.125 e. The molecule has 0 aliphatic heterocycles. The van der Waals surface area contributed by atoms with Gasteiger partial charge in [0.25, 0.3) is 0 Å². The van der Waals surface area contributed by atoms with E-state index in [2.05, 4.69) is 18.8 Å². The van der Waals surface area contributed by atoms with Gasteiger partial charge in [-0.15, -0.1) is 11.6 Å². The molecule has 2 aromatic rings. The summed E-state index contributed by atoms with van der Waals surface area (Å²) in [5, 5.41) is 0. The van der Waals surface area contributed by atoms with Crippen molar-refractivity contribution in [2.45, 2.75) is 33.2 Å². The molecular weight excluding hydrogens is 291 g/mol. The maximum atomic E-state index is 13.4. The zero-order chi connectivity index (χ0) is 15.2. The number of hydrogen-bond acceptors (Lipinski definition) is 2. The van der Waals surface area contributed by atoms with Crippen LogP contribution < -0.4 is 0 Å². The first-order valence-electron chi connectivity index (χ1n) is 7.40. The Labute approximate surface area is 130 Å². The lowest BCUT2D eigenvalue weighted by atomic mass is 10.1. The predicted octanol–water partition coefficient (Wildman–Crippen LogP) is 4.02. The van der Waals surface area contributed by atoms with E-state index in [1.165, 1.54) is 12.1 Å². The summed E-state index contributed by atoms with van der Waals surface area (Å²) in [7, 11) is 0.